The Morgan fingerprint density at radius 2 is 1.16 bits per heavy atom. The summed E-state index contributed by atoms with van der Waals surface area (Å²) in [5.41, 5.74) is 0. The van der Waals surface area contributed by atoms with Crippen molar-refractivity contribution in [2.24, 2.45) is 0 Å². The lowest BCUT2D eigenvalue weighted by molar-refractivity contribution is 0.484. The van der Waals surface area contributed by atoms with Crippen LogP contribution in [0, 0.1) is 0 Å². The van der Waals surface area contributed by atoms with Gasteiger partial charge in [-0.1, -0.05) is 26.7 Å². The third-order valence-corrected chi connectivity index (χ3v) is 6.63. The number of thiophene rings is 2. The third-order valence-electron chi connectivity index (χ3n) is 4.31. The molecule has 0 N–H and O–H groups in total. The molecular formula is C22H22OS2. The molecule has 3 heteroatoms. The molecule has 0 aliphatic heterocycles. The van der Waals surface area contributed by atoms with Crippen molar-refractivity contribution >= 4 is 42.8 Å². The number of hydrogen-bond donors (Lipinski definition) is 0. The largest absolute Gasteiger partial charge is 0.457 e. The molecule has 0 amide bonds. The Morgan fingerprint density at radius 1 is 0.680 bits per heavy atom. The highest BCUT2D eigenvalue weighted by Crippen LogP contribution is 2.34. The van der Waals surface area contributed by atoms with Crippen LogP contribution >= 0.6 is 22.7 Å². The third kappa shape index (κ3) is 3.58. The maximum Gasteiger partial charge on any atom is 0.128 e. The van der Waals surface area contributed by atoms with Gasteiger partial charge in [-0.05, 0) is 72.1 Å². The molecule has 0 aliphatic carbocycles. The summed E-state index contributed by atoms with van der Waals surface area (Å²) in [5.74, 6) is 1.84. The molecule has 128 valence electrons. The van der Waals surface area contributed by atoms with Crippen molar-refractivity contribution in [3.63, 3.8) is 0 Å². The van der Waals surface area contributed by atoms with Crippen molar-refractivity contribution < 1.29 is 4.74 Å². The first-order valence-electron chi connectivity index (χ1n) is 8.98. The summed E-state index contributed by atoms with van der Waals surface area (Å²) in [5, 5.41) is 2.64. The van der Waals surface area contributed by atoms with Crippen molar-refractivity contribution in [3.05, 3.63) is 58.3 Å². The van der Waals surface area contributed by atoms with Gasteiger partial charge in [-0.25, -0.2) is 0 Å². The molecule has 1 nitrogen and oxygen atoms in total. The van der Waals surface area contributed by atoms with Gasteiger partial charge in [0, 0.05) is 19.2 Å². The molecule has 4 rings (SSSR count). The van der Waals surface area contributed by atoms with Crippen molar-refractivity contribution in [1.82, 2.24) is 0 Å². The average molecular weight is 367 g/mol. The van der Waals surface area contributed by atoms with E-state index >= 15 is 0 Å². The lowest BCUT2D eigenvalue weighted by Crippen LogP contribution is -1.82. The molecule has 0 unspecified atom stereocenters. The Bertz CT molecular complexity index is 927. The monoisotopic (exact) mass is 366 g/mol. The van der Waals surface area contributed by atoms with E-state index < -0.39 is 0 Å². The van der Waals surface area contributed by atoms with Gasteiger partial charge in [0.05, 0.1) is 0 Å². The van der Waals surface area contributed by atoms with Gasteiger partial charge in [0.15, 0.2) is 0 Å². The van der Waals surface area contributed by atoms with Crippen LogP contribution in [0.4, 0.5) is 0 Å². The summed E-state index contributed by atoms with van der Waals surface area (Å²) in [6.45, 7) is 4.46. The molecule has 0 bridgehead atoms. The maximum atomic E-state index is 6.15. The van der Waals surface area contributed by atoms with E-state index in [1.54, 1.807) is 0 Å². The number of fused-ring (bicyclic) bond motifs is 2. The molecule has 0 saturated carbocycles. The molecule has 4 aromatic rings. The summed E-state index contributed by atoms with van der Waals surface area (Å²) >= 11 is 3.76. The van der Waals surface area contributed by atoms with Crippen LogP contribution in [0.5, 0.6) is 11.5 Å². The first kappa shape index (κ1) is 16.6. The average Bonchev–Trinajstić information content (AvgIpc) is 3.17. The van der Waals surface area contributed by atoms with E-state index in [0.717, 1.165) is 24.3 Å². The van der Waals surface area contributed by atoms with E-state index in [4.69, 9.17) is 4.74 Å². The van der Waals surface area contributed by atoms with Crippen LogP contribution in [0.2, 0.25) is 0 Å². The minimum absolute atomic E-state index is 0.919. The second-order valence-corrected chi connectivity index (χ2v) is 8.76. The highest BCUT2D eigenvalue weighted by molar-refractivity contribution is 7.19. The van der Waals surface area contributed by atoms with Crippen molar-refractivity contribution in [2.45, 2.75) is 39.5 Å². The first-order valence-corrected chi connectivity index (χ1v) is 10.6. The van der Waals surface area contributed by atoms with E-state index in [-0.39, 0.29) is 0 Å². The summed E-state index contributed by atoms with van der Waals surface area (Å²) < 4.78 is 8.76. The molecule has 0 radical (unpaired) electrons. The zero-order valence-electron chi connectivity index (χ0n) is 14.7. The van der Waals surface area contributed by atoms with Gasteiger partial charge >= 0.3 is 0 Å². The van der Waals surface area contributed by atoms with Crippen molar-refractivity contribution in [1.29, 1.82) is 0 Å². The highest BCUT2D eigenvalue weighted by atomic mass is 32.1. The predicted octanol–water partition coefficient (Wildman–Crippen LogP) is 7.81. The van der Waals surface area contributed by atoms with Crippen LogP contribution in [0.25, 0.3) is 20.2 Å². The molecule has 2 aromatic carbocycles. The number of hydrogen-bond acceptors (Lipinski definition) is 3. The van der Waals surface area contributed by atoms with Gasteiger partial charge < -0.3 is 4.74 Å². The smallest absolute Gasteiger partial charge is 0.128 e. The number of ether oxygens (including phenoxy) is 1. The number of rotatable bonds is 6. The minimum Gasteiger partial charge on any atom is -0.457 e. The predicted molar refractivity (Wildman–Crippen MR) is 112 cm³/mol. The van der Waals surface area contributed by atoms with Crippen LogP contribution in [0.1, 0.15) is 36.4 Å². The topological polar surface area (TPSA) is 9.23 Å². The quantitative estimate of drug-likeness (QED) is 0.338. The SMILES string of the molecule is CCCc1cc2ccc(Oc3ccc4cc(CCC)sc4c3)cc2s1. The maximum absolute atomic E-state index is 6.15. The first-order chi connectivity index (χ1) is 12.2. The summed E-state index contributed by atoms with van der Waals surface area (Å²) in [7, 11) is 0. The van der Waals surface area contributed by atoms with Gasteiger partial charge in [-0.3, -0.25) is 0 Å². The summed E-state index contributed by atoms with van der Waals surface area (Å²) in [4.78, 5) is 2.91. The zero-order chi connectivity index (χ0) is 17.2. The van der Waals surface area contributed by atoms with Gasteiger partial charge in [0.1, 0.15) is 11.5 Å². The van der Waals surface area contributed by atoms with Crippen molar-refractivity contribution in [3.8, 4) is 11.5 Å². The van der Waals surface area contributed by atoms with Gasteiger partial charge in [0.25, 0.3) is 0 Å². The Hall–Kier alpha value is -1.84. The summed E-state index contributed by atoms with van der Waals surface area (Å²) in [6.07, 6.45) is 4.70. The van der Waals surface area contributed by atoms with Crippen LogP contribution in [-0.2, 0) is 12.8 Å². The molecular weight excluding hydrogens is 344 g/mol. The molecule has 0 saturated heterocycles. The molecule has 0 atom stereocenters. The molecule has 0 aliphatic rings. The van der Waals surface area contributed by atoms with Gasteiger partial charge in [0.2, 0.25) is 0 Å². The molecule has 25 heavy (non-hydrogen) atoms. The Balaban J connectivity index is 1.60. The van der Waals surface area contributed by atoms with Crippen molar-refractivity contribution in [2.75, 3.05) is 0 Å². The molecule has 2 aromatic heterocycles. The van der Waals surface area contributed by atoms with Crippen LogP contribution < -0.4 is 4.74 Å². The Kier molecular flexibility index (Phi) is 4.78. The van der Waals surface area contributed by atoms with Crippen LogP contribution in [0.15, 0.2) is 48.5 Å². The molecule has 0 fully saturated rings. The lowest BCUT2D eigenvalue weighted by Gasteiger charge is -2.05. The molecule has 2 heterocycles. The van der Waals surface area contributed by atoms with Gasteiger partial charge in [-0.2, -0.15) is 0 Å². The normalized spacial score (nSPS) is 11.4. The highest BCUT2D eigenvalue weighted by Gasteiger charge is 2.06. The van der Waals surface area contributed by atoms with E-state index in [1.165, 1.54) is 42.8 Å². The fourth-order valence-corrected chi connectivity index (χ4v) is 5.52. The lowest BCUT2D eigenvalue weighted by atomic mass is 10.2. The summed E-state index contributed by atoms with van der Waals surface area (Å²) in [6, 6.07) is 17.4. The fourth-order valence-electron chi connectivity index (χ4n) is 3.14. The minimum atomic E-state index is 0.919. The second-order valence-electron chi connectivity index (χ2n) is 6.43. The number of aryl methyl sites for hydroxylation is 2. The van der Waals surface area contributed by atoms with Crippen LogP contribution in [-0.4, -0.2) is 0 Å². The molecule has 0 spiro atoms. The fraction of sp³-hybridized carbons (Fsp3) is 0.273. The van der Waals surface area contributed by atoms with Gasteiger partial charge in [-0.15, -0.1) is 22.7 Å². The number of benzene rings is 2. The Labute approximate surface area is 156 Å². The van der Waals surface area contributed by atoms with E-state index in [9.17, 15) is 0 Å². The van der Waals surface area contributed by atoms with Crippen LogP contribution in [0.3, 0.4) is 0 Å². The zero-order valence-corrected chi connectivity index (χ0v) is 16.3. The standard InChI is InChI=1S/C22H22OS2/c1-3-5-19-11-15-7-9-17(13-21(15)24-19)23-18-10-8-16-12-20(6-4-2)25-22(16)14-18/h7-14H,3-6H2,1-2H3. The van der Waals surface area contributed by atoms with E-state index in [2.05, 4.69) is 62.4 Å². The van der Waals surface area contributed by atoms with E-state index in [1.807, 2.05) is 22.7 Å². The second kappa shape index (κ2) is 7.19. The van der Waals surface area contributed by atoms with E-state index in [0.29, 0.717) is 0 Å². The Morgan fingerprint density at radius 3 is 1.60 bits per heavy atom.